The van der Waals surface area contributed by atoms with E-state index in [9.17, 15) is 9.59 Å². The van der Waals surface area contributed by atoms with Gasteiger partial charge in [-0.15, -0.1) is 0 Å². The van der Waals surface area contributed by atoms with Gasteiger partial charge in [0.15, 0.2) is 6.04 Å². The van der Waals surface area contributed by atoms with E-state index in [-0.39, 0.29) is 6.61 Å². The van der Waals surface area contributed by atoms with Gasteiger partial charge in [-0.25, -0.2) is 14.6 Å². The Morgan fingerprint density at radius 1 is 1.58 bits per heavy atom. The van der Waals surface area contributed by atoms with E-state index in [2.05, 4.69) is 20.6 Å². The number of urea groups is 1. The minimum atomic E-state index is -1.13. The second-order valence-electron chi connectivity index (χ2n) is 3.89. The van der Waals surface area contributed by atoms with Crippen LogP contribution in [-0.4, -0.2) is 53.4 Å². The highest BCUT2D eigenvalue weighted by Gasteiger charge is 2.19. The summed E-state index contributed by atoms with van der Waals surface area (Å²) in [6.07, 6.45) is 4.83. The summed E-state index contributed by atoms with van der Waals surface area (Å²) >= 11 is 0. The van der Waals surface area contributed by atoms with Gasteiger partial charge in [0.25, 0.3) is 0 Å². The maximum absolute atomic E-state index is 11.4. The maximum atomic E-state index is 11.4. The minimum Gasteiger partial charge on any atom is -0.480 e. The minimum absolute atomic E-state index is 0.0743. The molecule has 8 nitrogen and oxygen atoms in total. The number of methoxy groups -OCH3 is 1. The normalized spacial score (nSPS) is 11.8. The fourth-order valence-electron chi connectivity index (χ4n) is 1.44. The van der Waals surface area contributed by atoms with Gasteiger partial charge in [-0.1, -0.05) is 0 Å². The largest absolute Gasteiger partial charge is 0.480 e. The van der Waals surface area contributed by atoms with Gasteiger partial charge in [0.05, 0.1) is 6.61 Å². The Labute approximate surface area is 110 Å². The number of aryl methyl sites for hydroxylation is 1. The molecule has 0 aromatic carbocycles. The first kappa shape index (κ1) is 15.0. The summed E-state index contributed by atoms with van der Waals surface area (Å²) in [4.78, 5) is 29.2. The lowest BCUT2D eigenvalue weighted by Gasteiger charge is -2.14. The molecule has 4 N–H and O–H groups in total. The highest BCUT2D eigenvalue weighted by atomic mass is 16.5. The summed E-state index contributed by atoms with van der Waals surface area (Å²) in [5, 5.41) is 13.7. The number of carbonyl (C=O) groups excluding carboxylic acids is 1. The highest BCUT2D eigenvalue weighted by molar-refractivity contribution is 5.82. The zero-order chi connectivity index (χ0) is 14.1. The first-order valence-electron chi connectivity index (χ1n) is 5.88. The summed E-state index contributed by atoms with van der Waals surface area (Å²) in [6, 6.07) is -1.57. The van der Waals surface area contributed by atoms with Crippen LogP contribution in [0.4, 0.5) is 4.79 Å². The van der Waals surface area contributed by atoms with Crippen LogP contribution in [-0.2, 0) is 16.0 Å². The van der Waals surface area contributed by atoms with E-state index in [1.807, 2.05) is 0 Å². The Hall–Kier alpha value is -2.09. The topological polar surface area (TPSA) is 116 Å². The number of nitrogens with one attached hydrogen (secondary N) is 3. The number of rotatable bonds is 8. The molecule has 19 heavy (non-hydrogen) atoms. The van der Waals surface area contributed by atoms with Crippen molar-refractivity contribution in [3.05, 3.63) is 18.2 Å². The number of aromatic nitrogens is 2. The van der Waals surface area contributed by atoms with Crippen LogP contribution in [0.1, 0.15) is 12.2 Å². The Balaban J connectivity index is 2.17. The number of imidazole rings is 1. The number of aromatic amines is 1. The fourth-order valence-corrected chi connectivity index (χ4v) is 1.44. The van der Waals surface area contributed by atoms with Gasteiger partial charge >= 0.3 is 12.0 Å². The fraction of sp³-hybridized carbons (Fsp3) is 0.545. The number of H-pyrrole nitrogens is 1. The molecule has 0 fully saturated rings. The number of amides is 2. The van der Waals surface area contributed by atoms with Crippen molar-refractivity contribution in [3.63, 3.8) is 0 Å². The first-order valence-corrected chi connectivity index (χ1v) is 5.88. The molecular formula is C11H18N4O4. The Morgan fingerprint density at radius 2 is 2.37 bits per heavy atom. The van der Waals surface area contributed by atoms with E-state index in [1.54, 1.807) is 12.4 Å². The van der Waals surface area contributed by atoms with E-state index in [4.69, 9.17) is 9.84 Å². The first-order chi connectivity index (χ1) is 9.13. The predicted octanol–water partition coefficient (Wildman–Crippen LogP) is -0.259. The molecule has 0 saturated heterocycles. The molecule has 1 rings (SSSR count). The molecule has 0 saturated carbocycles. The smallest absolute Gasteiger partial charge is 0.328 e. The van der Waals surface area contributed by atoms with Crippen molar-refractivity contribution in [1.29, 1.82) is 0 Å². The number of ether oxygens (including phenoxy) is 1. The van der Waals surface area contributed by atoms with Crippen molar-refractivity contribution in [2.75, 3.05) is 20.3 Å². The van der Waals surface area contributed by atoms with E-state index in [1.165, 1.54) is 7.11 Å². The van der Waals surface area contributed by atoms with Crippen molar-refractivity contribution in [3.8, 4) is 0 Å². The van der Waals surface area contributed by atoms with Crippen molar-refractivity contribution in [2.45, 2.75) is 18.9 Å². The average molecular weight is 270 g/mol. The highest BCUT2D eigenvalue weighted by Crippen LogP contribution is 1.93. The van der Waals surface area contributed by atoms with Gasteiger partial charge in [0.2, 0.25) is 0 Å². The van der Waals surface area contributed by atoms with Gasteiger partial charge in [-0.2, -0.15) is 0 Å². The molecule has 0 radical (unpaired) electrons. The maximum Gasteiger partial charge on any atom is 0.328 e. The third-order valence-corrected chi connectivity index (χ3v) is 2.37. The summed E-state index contributed by atoms with van der Waals surface area (Å²) in [6.45, 7) is 0.362. The lowest BCUT2D eigenvalue weighted by molar-refractivity contribution is -0.140. The molecule has 2 amide bonds. The average Bonchev–Trinajstić information content (AvgIpc) is 2.87. The van der Waals surface area contributed by atoms with Crippen LogP contribution in [0.5, 0.6) is 0 Å². The monoisotopic (exact) mass is 270 g/mol. The van der Waals surface area contributed by atoms with Crippen LogP contribution >= 0.6 is 0 Å². The van der Waals surface area contributed by atoms with Gasteiger partial charge in [0, 0.05) is 32.5 Å². The predicted molar refractivity (Wildman–Crippen MR) is 66.7 cm³/mol. The molecule has 1 aromatic rings. The van der Waals surface area contributed by atoms with Crippen LogP contribution in [0, 0.1) is 0 Å². The van der Waals surface area contributed by atoms with Gasteiger partial charge in [0.1, 0.15) is 5.82 Å². The van der Waals surface area contributed by atoms with E-state index < -0.39 is 18.0 Å². The lowest BCUT2D eigenvalue weighted by atomic mass is 10.3. The molecule has 0 aliphatic carbocycles. The number of nitrogens with zero attached hydrogens (tertiary/aromatic N) is 1. The number of carboxylic acid groups (broad SMARTS) is 1. The summed E-state index contributed by atoms with van der Waals surface area (Å²) in [5.41, 5.74) is 0. The van der Waals surface area contributed by atoms with Crippen molar-refractivity contribution in [1.82, 2.24) is 20.6 Å². The van der Waals surface area contributed by atoms with Crippen molar-refractivity contribution < 1.29 is 19.4 Å². The van der Waals surface area contributed by atoms with E-state index in [0.717, 1.165) is 5.82 Å². The molecule has 0 bridgehead atoms. The quantitative estimate of drug-likeness (QED) is 0.486. The van der Waals surface area contributed by atoms with Crippen LogP contribution in [0.3, 0.4) is 0 Å². The third-order valence-electron chi connectivity index (χ3n) is 2.37. The Morgan fingerprint density at radius 3 is 2.95 bits per heavy atom. The molecule has 8 heteroatoms. The molecule has 1 unspecified atom stereocenters. The molecule has 0 spiro atoms. The molecule has 1 atom stereocenters. The zero-order valence-corrected chi connectivity index (χ0v) is 10.7. The van der Waals surface area contributed by atoms with Gasteiger partial charge in [-0.05, 0) is 6.42 Å². The molecule has 1 aromatic heterocycles. The molecule has 0 aliphatic rings. The van der Waals surface area contributed by atoms with Gasteiger partial charge in [-0.3, -0.25) is 0 Å². The zero-order valence-electron chi connectivity index (χ0n) is 10.7. The van der Waals surface area contributed by atoms with Crippen molar-refractivity contribution in [2.24, 2.45) is 0 Å². The number of carboxylic acids is 1. The molecule has 0 aliphatic heterocycles. The van der Waals surface area contributed by atoms with Crippen LogP contribution < -0.4 is 10.6 Å². The van der Waals surface area contributed by atoms with Crippen molar-refractivity contribution >= 4 is 12.0 Å². The SMILES string of the molecule is COCC(NC(=O)NCCCc1ncc[nH]1)C(=O)O. The van der Waals surface area contributed by atoms with Crippen LogP contribution in [0.2, 0.25) is 0 Å². The number of aliphatic carboxylic acids is 1. The van der Waals surface area contributed by atoms with Gasteiger partial charge < -0.3 is 25.5 Å². The third kappa shape index (κ3) is 5.87. The number of hydrogen-bond donors (Lipinski definition) is 4. The lowest BCUT2D eigenvalue weighted by Crippen LogP contribution is -2.48. The van der Waals surface area contributed by atoms with Crippen LogP contribution in [0.25, 0.3) is 0 Å². The van der Waals surface area contributed by atoms with E-state index >= 15 is 0 Å². The second-order valence-corrected chi connectivity index (χ2v) is 3.89. The Bertz CT molecular complexity index is 393. The summed E-state index contributed by atoms with van der Waals surface area (Å²) in [7, 11) is 1.37. The van der Waals surface area contributed by atoms with Crippen LogP contribution in [0.15, 0.2) is 12.4 Å². The number of hydrogen-bond acceptors (Lipinski definition) is 4. The van der Waals surface area contributed by atoms with E-state index in [0.29, 0.717) is 19.4 Å². The summed E-state index contributed by atoms with van der Waals surface area (Å²) in [5.74, 6) is -0.280. The second kappa shape index (κ2) is 8.09. The molecular weight excluding hydrogens is 252 g/mol. The molecule has 106 valence electrons. The molecule has 1 heterocycles. The summed E-state index contributed by atoms with van der Waals surface area (Å²) < 4.78 is 4.71. The standard InChI is InChI=1S/C11H18N4O4/c1-19-7-8(10(16)17)15-11(18)14-4-2-3-9-12-5-6-13-9/h5-6,8H,2-4,7H2,1H3,(H,12,13)(H,16,17)(H2,14,15,18). The Kier molecular flexibility index (Phi) is 6.37. The number of carbonyl (C=O) groups is 2.